The molecule has 0 atom stereocenters. The van der Waals surface area contributed by atoms with E-state index < -0.39 is 23.3 Å². The number of anilines is 1. The summed E-state index contributed by atoms with van der Waals surface area (Å²) in [5.74, 6) is -2.18. The van der Waals surface area contributed by atoms with E-state index in [0.717, 1.165) is 10.6 Å². The molecule has 0 aliphatic carbocycles. The average molecular weight is 348 g/mol. The molecule has 0 unspecified atom stereocenters. The summed E-state index contributed by atoms with van der Waals surface area (Å²) < 4.78 is 5.59. The number of carbonyl (C=O) groups excluding carboxylic acids is 3. The lowest BCUT2D eigenvalue weighted by atomic mass is 10.1. The third kappa shape index (κ3) is 2.24. The maximum Gasteiger partial charge on any atom is 0.337 e. The summed E-state index contributed by atoms with van der Waals surface area (Å²) in [5, 5.41) is 2.12. The van der Waals surface area contributed by atoms with Gasteiger partial charge in [0.1, 0.15) is 5.82 Å². The molecular formula is C15H10ClN3O5. The fourth-order valence-electron chi connectivity index (χ4n) is 2.46. The molecule has 3 N–H and O–H groups in total. The number of nitrogens with zero attached hydrogens (tertiary/aromatic N) is 1. The van der Waals surface area contributed by atoms with E-state index in [1.54, 1.807) is 0 Å². The van der Waals surface area contributed by atoms with Gasteiger partial charge in [-0.1, -0.05) is 11.6 Å². The molecule has 122 valence electrons. The lowest BCUT2D eigenvalue weighted by molar-refractivity contribution is 0.0600. The SMILES string of the molecule is COC(=O)c1ccc(-n2c(N)c3c(cc2=O)C(=O)NC3=O)c(Cl)c1. The first-order valence-corrected chi connectivity index (χ1v) is 7.02. The standard InChI is InChI=1S/C15H10ClN3O5/c1-24-15(23)6-2-3-9(8(16)4-6)19-10(20)5-7-11(12(19)17)14(22)18-13(7)21/h2-5H,17H2,1H3,(H,18,21,22). The van der Waals surface area contributed by atoms with Gasteiger partial charge >= 0.3 is 5.97 Å². The van der Waals surface area contributed by atoms with E-state index >= 15 is 0 Å². The zero-order valence-corrected chi connectivity index (χ0v) is 13.0. The van der Waals surface area contributed by atoms with Crippen LogP contribution in [0, 0.1) is 0 Å². The number of nitrogen functional groups attached to an aromatic ring is 1. The minimum atomic E-state index is -0.691. The number of nitrogens with one attached hydrogen (secondary N) is 1. The monoisotopic (exact) mass is 347 g/mol. The molecule has 1 aliphatic heterocycles. The molecule has 1 aromatic carbocycles. The molecule has 0 saturated carbocycles. The number of esters is 1. The highest BCUT2D eigenvalue weighted by Crippen LogP contribution is 2.27. The van der Waals surface area contributed by atoms with Crippen molar-refractivity contribution >= 4 is 35.2 Å². The molecule has 0 fully saturated rings. The molecule has 9 heteroatoms. The largest absolute Gasteiger partial charge is 0.465 e. The lowest BCUT2D eigenvalue weighted by Crippen LogP contribution is -2.24. The van der Waals surface area contributed by atoms with Gasteiger partial charge in [-0.15, -0.1) is 0 Å². The number of halogens is 1. The Kier molecular flexibility index (Phi) is 3.61. The fraction of sp³-hybridized carbons (Fsp3) is 0.0667. The Morgan fingerprint density at radius 2 is 1.92 bits per heavy atom. The van der Waals surface area contributed by atoms with E-state index in [-0.39, 0.29) is 33.2 Å². The van der Waals surface area contributed by atoms with E-state index in [1.165, 1.54) is 25.3 Å². The summed E-state index contributed by atoms with van der Waals surface area (Å²) in [6, 6.07) is 5.12. The van der Waals surface area contributed by atoms with E-state index in [0.29, 0.717) is 0 Å². The van der Waals surface area contributed by atoms with Crippen LogP contribution in [0.15, 0.2) is 29.1 Å². The molecule has 2 aromatic rings. The Balaban J connectivity index is 2.24. The number of benzene rings is 1. The number of fused-ring (bicyclic) bond motifs is 1. The third-order valence-corrected chi connectivity index (χ3v) is 3.87. The first kappa shape index (κ1) is 15.8. The van der Waals surface area contributed by atoms with Crippen LogP contribution in [0.3, 0.4) is 0 Å². The van der Waals surface area contributed by atoms with Gasteiger partial charge < -0.3 is 10.5 Å². The summed E-state index contributed by atoms with van der Waals surface area (Å²) in [5.41, 5.74) is 5.46. The molecule has 1 aromatic heterocycles. The Morgan fingerprint density at radius 1 is 1.21 bits per heavy atom. The fourth-order valence-corrected chi connectivity index (χ4v) is 2.73. The van der Waals surface area contributed by atoms with Crippen molar-refractivity contribution in [2.24, 2.45) is 0 Å². The number of aromatic nitrogens is 1. The number of rotatable bonds is 2. The molecule has 24 heavy (non-hydrogen) atoms. The van der Waals surface area contributed by atoms with Gasteiger partial charge in [0.15, 0.2) is 0 Å². The molecule has 0 saturated heterocycles. The minimum Gasteiger partial charge on any atom is -0.465 e. The van der Waals surface area contributed by atoms with E-state index in [2.05, 4.69) is 10.1 Å². The maximum absolute atomic E-state index is 12.3. The van der Waals surface area contributed by atoms with Crippen molar-refractivity contribution in [3.63, 3.8) is 0 Å². The number of carbonyl (C=O) groups is 3. The molecule has 8 nitrogen and oxygen atoms in total. The predicted octanol–water partition coefficient (Wildman–Crippen LogP) is 0.743. The molecule has 2 heterocycles. The van der Waals surface area contributed by atoms with Crippen LogP contribution in [0.1, 0.15) is 31.1 Å². The molecule has 0 radical (unpaired) electrons. The topological polar surface area (TPSA) is 120 Å². The Morgan fingerprint density at radius 3 is 2.54 bits per heavy atom. The zero-order valence-electron chi connectivity index (χ0n) is 12.3. The van der Waals surface area contributed by atoms with Crippen LogP contribution < -0.4 is 16.6 Å². The van der Waals surface area contributed by atoms with Crippen molar-refractivity contribution in [3.8, 4) is 5.69 Å². The molecular weight excluding hydrogens is 338 g/mol. The second-order valence-corrected chi connectivity index (χ2v) is 5.34. The number of nitrogens with two attached hydrogens (primary N) is 1. The summed E-state index contributed by atoms with van der Waals surface area (Å²) in [6.07, 6.45) is 0. The molecule has 0 spiro atoms. The summed E-state index contributed by atoms with van der Waals surface area (Å²) >= 11 is 6.13. The Labute approximate surface area is 139 Å². The van der Waals surface area contributed by atoms with E-state index in [4.69, 9.17) is 17.3 Å². The van der Waals surface area contributed by atoms with Crippen LogP contribution in [0.25, 0.3) is 5.69 Å². The number of ether oxygens (including phenoxy) is 1. The van der Waals surface area contributed by atoms with E-state index in [9.17, 15) is 19.2 Å². The van der Waals surface area contributed by atoms with Crippen molar-refractivity contribution < 1.29 is 19.1 Å². The number of hydrogen-bond acceptors (Lipinski definition) is 6. The molecule has 0 bridgehead atoms. The highest BCUT2D eigenvalue weighted by Gasteiger charge is 2.32. The van der Waals surface area contributed by atoms with Gasteiger partial charge in [-0.05, 0) is 18.2 Å². The molecule has 1 aliphatic rings. The van der Waals surface area contributed by atoms with Crippen LogP contribution in [0.5, 0.6) is 0 Å². The second kappa shape index (κ2) is 5.50. The number of imide groups is 1. The number of pyridine rings is 1. The first-order chi connectivity index (χ1) is 11.3. The number of hydrogen-bond donors (Lipinski definition) is 2. The van der Waals surface area contributed by atoms with Crippen molar-refractivity contribution in [3.05, 3.63) is 56.3 Å². The predicted molar refractivity (Wildman–Crippen MR) is 84.6 cm³/mol. The van der Waals surface area contributed by atoms with Crippen LogP contribution >= 0.6 is 11.6 Å². The van der Waals surface area contributed by atoms with Crippen LogP contribution in [-0.2, 0) is 4.74 Å². The smallest absolute Gasteiger partial charge is 0.337 e. The highest BCUT2D eigenvalue weighted by molar-refractivity contribution is 6.33. The van der Waals surface area contributed by atoms with E-state index in [1.807, 2.05) is 0 Å². The quantitative estimate of drug-likeness (QED) is 0.610. The van der Waals surface area contributed by atoms with Crippen molar-refractivity contribution in [2.75, 3.05) is 12.8 Å². The van der Waals surface area contributed by atoms with Gasteiger partial charge in [0.2, 0.25) is 0 Å². The van der Waals surface area contributed by atoms with Gasteiger partial charge in [-0.25, -0.2) is 4.79 Å². The number of amides is 2. The number of methoxy groups -OCH3 is 1. The first-order valence-electron chi connectivity index (χ1n) is 6.64. The highest BCUT2D eigenvalue weighted by atomic mass is 35.5. The van der Waals surface area contributed by atoms with Crippen molar-refractivity contribution in [1.29, 1.82) is 0 Å². The van der Waals surface area contributed by atoms with Gasteiger partial charge in [0.05, 0.1) is 34.5 Å². The lowest BCUT2D eigenvalue weighted by Gasteiger charge is -2.13. The third-order valence-electron chi connectivity index (χ3n) is 3.56. The van der Waals surface area contributed by atoms with Crippen LogP contribution in [0.2, 0.25) is 5.02 Å². The second-order valence-electron chi connectivity index (χ2n) is 4.93. The Bertz CT molecular complexity index is 980. The van der Waals surface area contributed by atoms with Gasteiger partial charge in [0, 0.05) is 6.07 Å². The summed E-state index contributed by atoms with van der Waals surface area (Å²) in [7, 11) is 1.22. The summed E-state index contributed by atoms with van der Waals surface area (Å²) in [4.78, 5) is 47.3. The summed E-state index contributed by atoms with van der Waals surface area (Å²) in [6.45, 7) is 0. The average Bonchev–Trinajstić information content (AvgIpc) is 2.82. The van der Waals surface area contributed by atoms with Gasteiger partial charge in [-0.3, -0.25) is 24.3 Å². The molecule has 3 rings (SSSR count). The normalized spacial score (nSPS) is 12.8. The van der Waals surface area contributed by atoms with Crippen LogP contribution in [0.4, 0.5) is 5.82 Å². The van der Waals surface area contributed by atoms with Gasteiger partial charge in [-0.2, -0.15) is 0 Å². The van der Waals surface area contributed by atoms with Gasteiger partial charge in [0.25, 0.3) is 17.4 Å². The molecule has 2 amide bonds. The maximum atomic E-state index is 12.3. The minimum absolute atomic E-state index is 0.0522. The van der Waals surface area contributed by atoms with Crippen molar-refractivity contribution in [2.45, 2.75) is 0 Å². The van der Waals surface area contributed by atoms with Crippen LogP contribution in [-0.4, -0.2) is 29.5 Å². The Hall–Kier alpha value is -3.13. The zero-order chi connectivity index (χ0) is 17.6. The van der Waals surface area contributed by atoms with Crippen molar-refractivity contribution in [1.82, 2.24) is 9.88 Å².